The van der Waals surface area contributed by atoms with Crippen molar-refractivity contribution in [3.63, 3.8) is 0 Å². The van der Waals surface area contributed by atoms with Gasteiger partial charge < -0.3 is 9.64 Å². The highest BCUT2D eigenvalue weighted by Gasteiger charge is 2.37. The van der Waals surface area contributed by atoms with E-state index in [9.17, 15) is 13.2 Å². The van der Waals surface area contributed by atoms with E-state index in [2.05, 4.69) is 45.1 Å². The molecule has 2 heterocycles. The quantitative estimate of drug-likeness (QED) is 0.161. The molecule has 0 bridgehead atoms. The van der Waals surface area contributed by atoms with Crippen LogP contribution in [0.1, 0.15) is 67.3 Å². The number of ether oxygens (including phenoxy) is 1. The Labute approximate surface area is 271 Å². The monoisotopic (exact) mass is 652 g/mol. The minimum atomic E-state index is -4.58. The Bertz CT molecular complexity index is 1650. The van der Waals surface area contributed by atoms with Crippen LogP contribution in [-0.4, -0.2) is 47.9 Å². The molecular weight excluding hydrogens is 617 g/mol. The molecule has 0 N–H and O–H groups in total. The lowest BCUT2D eigenvalue weighted by Gasteiger charge is -2.32. The van der Waals surface area contributed by atoms with Gasteiger partial charge in [0.1, 0.15) is 17.4 Å². The van der Waals surface area contributed by atoms with Gasteiger partial charge in [-0.15, -0.1) is 10.2 Å². The Balaban J connectivity index is 1.32. The Hall–Kier alpha value is -3.40. The molecular formula is C35H36ClF3N4OS. The molecule has 1 aliphatic heterocycles. The Morgan fingerprint density at radius 2 is 1.76 bits per heavy atom. The highest BCUT2D eigenvalue weighted by Crippen LogP contribution is 2.49. The third-order valence-electron chi connectivity index (χ3n) is 8.46. The van der Waals surface area contributed by atoms with Crippen LogP contribution in [0.25, 0.3) is 22.2 Å². The summed E-state index contributed by atoms with van der Waals surface area (Å²) in [5.74, 6) is 0.203. The van der Waals surface area contributed by atoms with Gasteiger partial charge in [0.25, 0.3) is 0 Å². The molecule has 1 saturated heterocycles. The van der Waals surface area contributed by atoms with Crippen molar-refractivity contribution < 1.29 is 17.9 Å². The van der Waals surface area contributed by atoms with Crippen LogP contribution in [-0.2, 0) is 6.18 Å². The summed E-state index contributed by atoms with van der Waals surface area (Å²) in [5.41, 5.74) is 3.35. The minimum absolute atomic E-state index is 0.00114. The fraction of sp³-hybridized carbons (Fsp3) is 0.371. The molecule has 1 aromatic heterocycles. The van der Waals surface area contributed by atoms with Gasteiger partial charge in [-0.3, -0.25) is 4.90 Å². The lowest BCUT2D eigenvalue weighted by Crippen LogP contribution is -2.33. The second-order valence-electron chi connectivity index (χ2n) is 11.5. The molecule has 4 aromatic rings. The molecule has 0 amide bonds. The Kier molecular flexibility index (Phi) is 9.78. The minimum Gasteiger partial charge on any atom is -0.492 e. The molecule has 0 spiro atoms. The van der Waals surface area contributed by atoms with Crippen molar-refractivity contribution in [1.82, 2.24) is 15.1 Å². The summed E-state index contributed by atoms with van der Waals surface area (Å²) in [6, 6.07) is 19.8. The number of hydrogen-bond acceptors (Lipinski definition) is 6. The zero-order valence-electron chi connectivity index (χ0n) is 25.2. The van der Waals surface area contributed by atoms with Crippen LogP contribution in [0.4, 0.5) is 18.3 Å². The smallest absolute Gasteiger partial charge is 0.417 e. The third-order valence-corrected chi connectivity index (χ3v) is 9.78. The van der Waals surface area contributed by atoms with Crippen molar-refractivity contribution >= 4 is 39.7 Å². The van der Waals surface area contributed by atoms with E-state index in [1.807, 2.05) is 36.4 Å². The number of alkyl halides is 3. The van der Waals surface area contributed by atoms with E-state index in [0.717, 1.165) is 67.1 Å². The first kappa shape index (κ1) is 31.6. The van der Waals surface area contributed by atoms with Gasteiger partial charge >= 0.3 is 6.18 Å². The second-order valence-corrected chi connectivity index (χ2v) is 12.9. The second kappa shape index (κ2) is 13.9. The molecule has 1 atom stereocenters. The fourth-order valence-corrected chi connectivity index (χ4v) is 7.36. The number of piperidine rings is 1. The first-order valence-corrected chi connectivity index (χ1v) is 16.7. The lowest BCUT2D eigenvalue weighted by atomic mass is 9.96. The number of unbranched alkanes of at least 4 members (excludes halogenated alkanes) is 1. The molecule has 0 saturated carbocycles. The standard InChI is InChI=1S/C35H36ClF3N4OS/c1-2-3-19-43(32-26-12-6-5-11-24(26)22-29(32)27-13-7-8-14-31(27)36)34-41-40-33(45-34)28-16-15-25(23-30(28)35(37,38)39)44-21-20-42-17-9-4-10-18-42/h5-8,11-16,22-23,32H,2-4,9-10,17-21H2,1H3. The van der Waals surface area contributed by atoms with Gasteiger partial charge in [0, 0.05) is 23.7 Å². The van der Waals surface area contributed by atoms with Gasteiger partial charge in [0.05, 0.1) is 11.6 Å². The number of halogens is 4. The molecule has 45 heavy (non-hydrogen) atoms. The van der Waals surface area contributed by atoms with Gasteiger partial charge in [0.2, 0.25) is 5.13 Å². The maximum absolute atomic E-state index is 14.4. The van der Waals surface area contributed by atoms with Gasteiger partial charge in [-0.2, -0.15) is 13.2 Å². The van der Waals surface area contributed by atoms with Crippen LogP contribution < -0.4 is 9.64 Å². The number of rotatable bonds is 11. The molecule has 1 aliphatic carbocycles. The summed E-state index contributed by atoms with van der Waals surface area (Å²) >= 11 is 7.87. The predicted molar refractivity (Wildman–Crippen MR) is 177 cm³/mol. The van der Waals surface area contributed by atoms with Crippen LogP contribution >= 0.6 is 22.9 Å². The van der Waals surface area contributed by atoms with Gasteiger partial charge in [-0.1, -0.05) is 85.2 Å². The third kappa shape index (κ3) is 7.05. The van der Waals surface area contributed by atoms with Crippen molar-refractivity contribution in [2.24, 2.45) is 0 Å². The molecule has 0 radical (unpaired) electrons. The van der Waals surface area contributed by atoms with Crippen molar-refractivity contribution in [2.45, 2.75) is 51.2 Å². The number of hydrogen-bond donors (Lipinski definition) is 0. The molecule has 236 valence electrons. The summed E-state index contributed by atoms with van der Waals surface area (Å²) in [6.07, 6.45) is 2.91. The highest BCUT2D eigenvalue weighted by molar-refractivity contribution is 7.18. The van der Waals surface area contributed by atoms with Crippen molar-refractivity contribution in [3.05, 3.63) is 94.0 Å². The summed E-state index contributed by atoms with van der Waals surface area (Å²) in [7, 11) is 0. The average Bonchev–Trinajstić information content (AvgIpc) is 3.68. The van der Waals surface area contributed by atoms with Crippen LogP contribution in [0, 0.1) is 0 Å². The molecule has 10 heteroatoms. The van der Waals surface area contributed by atoms with E-state index >= 15 is 0 Å². The highest BCUT2D eigenvalue weighted by atomic mass is 35.5. The van der Waals surface area contributed by atoms with Crippen LogP contribution in [0.15, 0.2) is 66.7 Å². The van der Waals surface area contributed by atoms with E-state index in [0.29, 0.717) is 29.9 Å². The molecule has 3 aromatic carbocycles. The van der Waals surface area contributed by atoms with Gasteiger partial charge in [0.15, 0.2) is 0 Å². The van der Waals surface area contributed by atoms with Crippen LogP contribution in [0.2, 0.25) is 5.02 Å². The normalized spacial score (nSPS) is 16.8. The van der Waals surface area contributed by atoms with Gasteiger partial charge in [-0.25, -0.2) is 0 Å². The molecule has 1 unspecified atom stereocenters. The fourth-order valence-electron chi connectivity index (χ4n) is 6.18. The molecule has 2 aliphatic rings. The first-order chi connectivity index (χ1) is 21.8. The lowest BCUT2D eigenvalue weighted by molar-refractivity contribution is -0.137. The predicted octanol–water partition coefficient (Wildman–Crippen LogP) is 9.64. The van der Waals surface area contributed by atoms with E-state index in [1.165, 1.54) is 23.8 Å². The van der Waals surface area contributed by atoms with Crippen LogP contribution in [0.5, 0.6) is 5.75 Å². The summed E-state index contributed by atoms with van der Waals surface area (Å²) in [4.78, 5) is 4.46. The van der Waals surface area contributed by atoms with E-state index in [-0.39, 0.29) is 22.4 Å². The van der Waals surface area contributed by atoms with Gasteiger partial charge in [-0.05, 0) is 85.0 Å². The number of anilines is 1. The van der Waals surface area contributed by atoms with Crippen molar-refractivity contribution in [1.29, 1.82) is 0 Å². The molecule has 1 fully saturated rings. The number of likely N-dealkylation sites (tertiary alicyclic amines) is 1. The number of aromatic nitrogens is 2. The number of fused-ring (bicyclic) bond motifs is 1. The molecule has 5 nitrogen and oxygen atoms in total. The van der Waals surface area contributed by atoms with Crippen molar-refractivity contribution in [2.75, 3.05) is 37.7 Å². The summed E-state index contributed by atoms with van der Waals surface area (Å²) in [6.45, 7) is 5.83. The first-order valence-electron chi connectivity index (χ1n) is 15.6. The summed E-state index contributed by atoms with van der Waals surface area (Å²) in [5, 5.41) is 10.2. The Morgan fingerprint density at radius 1 is 0.978 bits per heavy atom. The number of benzene rings is 3. The Morgan fingerprint density at radius 3 is 2.53 bits per heavy atom. The van der Waals surface area contributed by atoms with E-state index in [1.54, 1.807) is 6.07 Å². The van der Waals surface area contributed by atoms with E-state index in [4.69, 9.17) is 16.3 Å². The molecule has 6 rings (SSSR count). The zero-order valence-corrected chi connectivity index (χ0v) is 26.8. The maximum Gasteiger partial charge on any atom is 0.417 e. The number of nitrogens with zero attached hydrogens (tertiary/aromatic N) is 4. The van der Waals surface area contributed by atoms with Crippen LogP contribution in [0.3, 0.4) is 0 Å². The topological polar surface area (TPSA) is 41.5 Å². The SMILES string of the molecule is CCCCN(c1nnc(-c2ccc(OCCN3CCCCC3)cc2C(F)(F)F)s1)C1C(c2ccccc2Cl)=Cc2ccccc21. The summed E-state index contributed by atoms with van der Waals surface area (Å²) < 4.78 is 49.0. The largest absolute Gasteiger partial charge is 0.492 e. The van der Waals surface area contributed by atoms with Crippen molar-refractivity contribution in [3.8, 4) is 16.3 Å². The zero-order chi connectivity index (χ0) is 31.4. The maximum atomic E-state index is 14.4. The van der Waals surface area contributed by atoms with E-state index < -0.39 is 11.7 Å². The average molecular weight is 653 g/mol.